The number of aromatic nitrogens is 4. The number of tetrazole rings is 1. The Balaban J connectivity index is 1.39. The molecule has 1 heterocycles. The third-order valence-corrected chi connectivity index (χ3v) is 5.67. The van der Waals surface area contributed by atoms with Crippen LogP contribution in [0.3, 0.4) is 0 Å². The molecule has 8 nitrogen and oxygen atoms in total. The van der Waals surface area contributed by atoms with Crippen LogP contribution in [0.5, 0.6) is 0 Å². The smallest absolute Gasteiger partial charge is 0.195 e. The SMILES string of the molecule is O=C1C=CC(=O)C(SCCNC(c2ccc(N=Cc3ccccc3)cc2)c2nn[nH]n2)=C1. The maximum Gasteiger partial charge on any atom is 0.195 e. The molecule has 1 unspecified atom stereocenters. The highest BCUT2D eigenvalue weighted by Gasteiger charge is 2.19. The second-order valence-corrected chi connectivity index (χ2v) is 8.01. The minimum Gasteiger partial charge on any atom is -0.303 e. The Labute approximate surface area is 188 Å². The molecule has 160 valence electrons. The van der Waals surface area contributed by atoms with E-state index < -0.39 is 0 Å². The van der Waals surface area contributed by atoms with Crippen molar-refractivity contribution in [2.75, 3.05) is 12.3 Å². The van der Waals surface area contributed by atoms with Crippen LogP contribution in [0.1, 0.15) is 23.0 Å². The van der Waals surface area contributed by atoms with Crippen molar-refractivity contribution in [1.82, 2.24) is 25.9 Å². The highest BCUT2D eigenvalue weighted by atomic mass is 32.2. The number of aliphatic imine (C=N–C) groups is 1. The summed E-state index contributed by atoms with van der Waals surface area (Å²) in [5.41, 5.74) is 2.82. The highest BCUT2D eigenvalue weighted by molar-refractivity contribution is 8.04. The number of allylic oxidation sites excluding steroid dienone is 4. The molecule has 32 heavy (non-hydrogen) atoms. The van der Waals surface area contributed by atoms with E-state index in [2.05, 4.69) is 30.9 Å². The van der Waals surface area contributed by atoms with Crippen molar-refractivity contribution in [2.24, 2.45) is 4.99 Å². The molecule has 2 aromatic carbocycles. The first-order valence-corrected chi connectivity index (χ1v) is 10.9. The summed E-state index contributed by atoms with van der Waals surface area (Å²) in [5.74, 6) is 0.810. The molecule has 1 aliphatic carbocycles. The van der Waals surface area contributed by atoms with E-state index in [9.17, 15) is 9.59 Å². The van der Waals surface area contributed by atoms with Crippen molar-refractivity contribution < 1.29 is 9.59 Å². The number of nitrogens with one attached hydrogen (secondary N) is 2. The summed E-state index contributed by atoms with van der Waals surface area (Å²) in [6, 6.07) is 17.4. The summed E-state index contributed by atoms with van der Waals surface area (Å²) in [6.07, 6.45) is 5.78. The van der Waals surface area contributed by atoms with Crippen LogP contribution >= 0.6 is 11.8 Å². The molecule has 1 aliphatic rings. The Morgan fingerprint density at radius 2 is 1.88 bits per heavy atom. The summed E-state index contributed by atoms with van der Waals surface area (Å²) in [6.45, 7) is 0.570. The predicted octanol–water partition coefficient (Wildman–Crippen LogP) is 2.95. The maximum absolute atomic E-state index is 11.9. The van der Waals surface area contributed by atoms with Crippen LogP contribution < -0.4 is 5.32 Å². The van der Waals surface area contributed by atoms with Crippen molar-refractivity contribution in [3.8, 4) is 0 Å². The van der Waals surface area contributed by atoms with E-state index in [0.29, 0.717) is 23.0 Å². The first kappa shape index (κ1) is 21.5. The van der Waals surface area contributed by atoms with Crippen molar-refractivity contribution >= 4 is 35.2 Å². The van der Waals surface area contributed by atoms with Gasteiger partial charge in [-0.15, -0.1) is 22.0 Å². The average Bonchev–Trinajstić information content (AvgIpc) is 3.36. The van der Waals surface area contributed by atoms with E-state index in [1.54, 1.807) is 0 Å². The predicted molar refractivity (Wildman–Crippen MR) is 124 cm³/mol. The molecule has 0 spiro atoms. The fraction of sp³-hybridized carbons (Fsp3) is 0.130. The van der Waals surface area contributed by atoms with E-state index >= 15 is 0 Å². The first-order valence-electron chi connectivity index (χ1n) is 9.96. The number of carbonyl (C=O) groups excluding carboxylic acids is 2. The fourth-order valence-corrected chi connectivity index (χ4v) is 3.91. The summed E-state index contributed by atoms with van der Waals surface area (Å²) in [7, 11) is 0. The Morgan fingerprint density at radius 3 is 2.62 bits per heavy atom. The standard InChI is InChI=1S/C23H20N6O2S/c30-19-10-11-20(31)21(14-19)32-13-12-24-22(23-26-28-29-27-23)17-6-8-18(9-7-17)25-15-16-4-2-1-3-5-16/h1-11,14-15,22,24H,12-13H2,(H,26,27,28,29). The quantitative estimate of drug-likeness (QED) is 0.296. The number of nitrogens with zero attached hydrogens (tertiary/aromatic N) is 4. The van der Waals surface area contributed by atoms with E-state index in [1.165, 1.54) is 30.0 Å². The van der Waals surface area contributed by atoms with Crippen molar-refractivity contribution in [3.05, 3.63) is 94.7 Å². The number of hydrogen-bond donors (Lipinski definition) is 2. The van der Waals surface area contributed by atoms with Crippen molar-refractivity contribution in [1.29, 1.82) is 0 Å². The molecule has 0 aliphatic heterocycles. The molecule has 0 fully saturated rings. The zero-order valence-corrected chi connectivity index (χ0v) is 17.8. The van der Waals surface area contributed by atoms with Crippen LogP contribution in [-0.4, -0.2) is 50.7 Å². The minimum absolute atomic E-state index is 0.143. The Kier molecular flexibility index (Phi) is 7.11. The van der Waals surface area contributed by atoms with Gasteiger partial charge in [-0.2, -0.15) is 5.21 Å². The lowest BCUT2D eigenvalue weighted by molar-refractivity contribution is -0.114. The van der Waals surface area contributed by atoms with Crippen LogP contribution in [-0.2, 0) is 9.59 Å². The number of benzene rings is 2. The van der Waals surface area contributed by atoms with E-state index in [0.717, 1.165) is 16.8 Å². The normalized spacial score (nSPS) is 14.7. The lowest BCUT2D eigenvalue weighted by Crippen LogP contribution is -2.26. The molecule has 0 saturated heterocycles. The Morgan fingerprint density at radius 1 is 1.06 bits per heavy atom. The monoisotopic (exact) mass is 444 g/mol. The molecule has 1 atom stereocenters. The number of aromatic amines is 1. The molecule has 1 aromatic heterocycles. The molecular weight excluding hydrogens is 424 g/mol. The maximum atomic E-state index is 11.9. The van der Waals surface area contributed by atoms with Gasteiger partial charge in [-0.25, -0.2) is 0 Å². The summed E-state index contributed by atoms with van der Waals surface area (Å²) >= 11 is 1.34. The fourth-order valence-electron chi connectivity index (χ4n) is 3.06. The van der Waals surface area contributed by atoms with Gasteiger partial charge in [0.05, 0.1) is 16.6 Å². The third-order valence-electron chi connectivity index (χ3n) is 4.63. The van der Waals surface area contributed by atoms with Crippen LogP contribution in [0, 0.1) is 0 Å². The summed E-state index contributed by atoms with van der Waals surface area (Å²) in [4.78, 5) is 28.3. The van der Waals surface area contributed by atoms with Gasteiger partial charge in [0.25, 0.3) is 0 Å². The first-order chi connectivity index (χ1) is 15.7. The molecule has 0 saturated carbocycles. The molecule has 2 N–H and O–H groups in total. The number of thioether (sulfide) groups is 1. The van der Waals surface area contributed by atoms with Gasteiger partial charge in [0.1, 0.15) is 0 Å². The topological polar surface area (TPSA) is 113 Å². The van der Waals surface area contributed by atoms with Gasteiger partial charge < -0.3 is 5.32 Å². The van der Waals surface area contributed by atoms with Crippen LogP contribution in [0.4, 0.5) is 5.69 Å². The molecule has 0 radical (unpaired) electrons. The highest BCUT2D eigenvalue weighted by Crippen LogP contribution is 2.23. The third kappa shape index (κ3) is 5.71. The average molecular weight is 445 g/mol. The Bertz CT molecular complexity index is 1150. The van der Waals surface area contributed by atoms with Crippen molar-refractivity contribution in [3.63, 3.8) is 0 Å². The van der Waals surface area contributed by atoms with Gasteiger partial charge in [0, 0.05) is 24.6 Å². The number of hydrogen-bond acceptors (Lipinski definition) is 8. The van der Waals surface area contributed by atoms with E-state index in [-0.39, 0.29) is 17.6 Å². The van der Waals surface area contributed by atoms with Gasteiger partial charge in [-0.05, 0) is 35.4 Å². The van der Waals surface area contributed by atoms with Crippen LogP contribution in [0.25, 0.3) is 0 Å². The molecule has 3 aromatic rings. The largest absolute Gasteiger partial charge is 0.303 e. The van der Waals surface area contributed by atoms with E-state index in [4.69, 9.17) is 0 Å². The number of carbonyl (C=O) groups is 2. The minimum atomic E-state index is -0.279. The zero-order chi connectivity index (χ0) is 22.2. The van der Waals surface area contributed by atoms with Gasteiger partial charge in [0.2, 0.25) is 0 Å². The summed E-state index contributed by atoms with van der Waals surface area (Å²) < 4.78 is 0. The van der Waals surface area contributed by atoms with Crippen LogP contribution in [0.15, 0.2) is 82.7 Å². The molecule has 4 rings (SSSR count). The lowest BCUT2D eigenvalue weighted by Gasteiger charge is -2.16. The van der Waals surface area contributed by atoms with Crippen LogP contribution in [0.2, 0.25) is 0 Å². The van der Waals surface area contributed by atoms with Gasteiger partial charge in [0.15, 0.2) is 17.4 Å². The van der Waals surface area contributed by atoms with Gasteiger partial charge >= 0.3 is 0 Å². The van der Waals surface area contributed by atoms with Crippen molar-refractivity contribution in [2.45, 2.75) is 6.04 Å². The molecular formula is C23H20N6O2S. The lowest BCUT2D eigenvalue weighted by atomic mass is 10.1. The number of H-pyrrole nitrogens is 1. The number of rotatable bonds is 9. The molecule has 9 heteroatoms. The second-order valence-electron chi connectivity index (χ2n) is 6.87. The zero-order valence-electron chi connectivity index (χ0n) is 17.0. The summed E-state index contributed by atoms with van der Waals surface area (Å²) in [5, 5.41) is 17.8. The Hall–Kier alpha value is -3.69. The van der Waals surface area contributed by atoms with E-state index in [1.807, 2.05) is 60.8 Å². The van der Waals surface area contributed by atoms with Gasteiger partial charge in [-0.1, -0.05) is 47.7 Å². The molecule has 0 bridgehead atoms. The second kappa shape index (κ2) is 10.6. The number of ketones is 2. The van der Waals surface area contributed by atoms with Gasteiger partial charge in [-0.3, -0.25) is 14.6 Å². The molecule has 0 amide bonds.